The Balaban J connectivity index is 1.84. The van der Waals surface area contributed by atoms with Crippen LogP contribution in [0, 0.1) is 0 Å². The Morgan fingerprint density at radius 3 is 2.71 bits per heavy atom. The van der Waals surface area contributed by atoms with Gasteiger partial charge < -0.3 is 10.2 Å². The molecule has 0 radical (unpaired) electrons. The monoisotopic (exact) mass is 440 g/mol. The van der Waals surface area contributed by atoms with E-state index in [0.29, 0.717) is 30.5 Å². The van der Waals surface area contributed by atoms with E-state index in [9.17, 15) is 13.2 Å². The Kier molecular flexibility index (Phi) is 6.64. The minimum atomic E-state index is -4.38. The number of alkyl halides is 3. The molecule has 0 amide bonds. The van der Waals surface area contributed by atoms with Crippen molar-refractivity contribution in [2.45, 2.75) is 19.1 Å². The largest absolute Gasteiger partial charge is 0.434 e. The summed E-state index contributed by atoms with van der Waals surface area (Å²) >= 11 is 6.10. The summed E-state index contributed by atoms with van der Waals surface area (Å²) in [5, 5.41) is 4.65. The maximum absolute atomic E-state index is 12.5. The van der Waals surface area contributed by atoms with Gasteiger partial charge in [-0.05, 0) is 28.1 Å². The summed E-state index contributed by atoms with van der Waals surface area (Å²) in [6.45, 7) is 1.17. The Bertz CT molecular complexity index is 696. The third-order valence-corrected chi connectivity index (χ3v) is 5.58. The molecular weight excluding hydrogens is 425 g/mol. The number of thiophene rings is 1. The van der Waals surface area contributed by atoms with Crippen LogP contribution in [0.25, 0.3) is 0 Å². The molecule has 0 atom stereocenters. The van der Waals surface area contributed by atoms with Crippen LogP contribution < -0.4 is 5.32 Å². The maximum atomic E-state index is 12.5. The molecule has 132 valence electrons. The van der Waals surface area contributed by atoms with Crippen molar-refractivity contribution in [2.24, 2.45) is 4.99 Å². The molecule has 10 heteroatoms. The second-order valence-corrected chi connectivity index (χ2v) is 8.40. The van der Waals surface area contributed by atoms with Gasteiger partial charge >= 0.3 is 6.18 Å². The quantitative estimate of drug-likeness (QED) is 0.558. The molecule has 0 saturated heterocycles. The Labute approximate surface area is 154 Å². The molecular formula is C14H16BrF3N4S2. The molecule has 0 unspecified atom stereocenters. The van der Waals surface area contributed by atoms with Crippen LogP contribution in [0.2, 0.25) is 0 Å². The highest BCUT2D eigenvalue weighted by molar-refractivity contribution is 9.11. The van der Waals surface area contributed by atoms with Crippen molar-refractivity contribution < 1.29 is 13.2 Å². The molecule has 0 aliphatic rings. The smallest absolute Gasteiger partial charge is 0.356 e. The second kappa shape index (κ2) is 8.30. The minimum Gasteiger partial charge on any atom is -0.356 e. The zero-order valence-corrected chi connectivity index (χ0v) is 16.2. The van der Waals surface area contributed by atoms with Gasteiger partial charge in [-0.3, -0.25) is 4.99 Å². The number of nitrogens with zero attached hydrogens (tertiary/aromatic N) is 3. The molecule has 0 aliphatic carbocycles. The second-order valence-electron chi connectivity index (χ2n) is 4.91. The van der Waals surface area contributed by atoms with Crippen LogP contribution in [0.1, 0.15) is 15.6 Å². The number of hydrogen-bond donors (Lipinski definition) is 1. The molecule has 0 saturated carbocycles. The number of aromatic nitrogens is 1. The molecule has 2 rings (SSSR count). The van der Waals surface area contributed by atoms with Crippen molar-refractivity contribution in [3.63, 3.8) is 0 Å². The first-order chi connectivity index (χ1) is 11.3. The predicted octanol–water partition coefficient (Wildman–Crippen LogP) is 4.24. The van der Waals surface area contributed by atoms with Gasteiger partial charge in [-0.1, -0.05) is 0 Å². The standard InChI is InChI=1S/C14H16BrF3N4S2/c1-19-13(22(2)7-9-3-4-11(15)24-9)20-6-5-12-21-10(8-23-12)14(16,17)18/h3-4,8H,5-7H2,1-2H3,(H,19,20). The lowest BCUT2D eigenvalue weighted by atomic mass is 10.4. The molecule has 2 aromatic heterocycles. The summed E-state index contributed by atoms with van der Waals surface area (Å²) < 4.78 is 38.6. The average molecular weight is 441 g/mol. The van der Waals surface area contributed by atoms with Crippen molar-refractivity contribution in [3.05, 3.63) is 36.9 Å². The Morgan fingerprint density at radius 1 is 1.42 bits per heavy atom. The molecule has 4 nitrogen and oxygen atoms in total. The van der Waals surface area contributed by atoms with E-state index in [-0.39, 0.29) is 0 Å². The summed E-state index contributed by atoms with van der Waals surface area (Å²) in [5.41, 5.74) is -0.827. The summed E-state index contributed by atoms with van der Waals surface area (Å²) in [6.07, 6.45) is -3.97. The van der Waals surface area contributed by atoms with Crippen LogP contribution >= 0.6 is 38.6 Å². The lowest BCUT2D eigenvalue weighted by molar-refractivity contribution is -0.140. The molecule has 0 aliphatic heterocycles. The minimum absolute atomic E-state index is 0.415. The van der Waals surface area contributed by atoms with Gasteiger partial charge in [-0.15, -0.1) is 22.7 Å². The first-order valence-electron chi connectivity index (χ1n) is 6.97. The maximum Gasteiger partial charge on any atom is 0.434 e. The summed E-state index contributed by atoms with van der Waals surface area (Å²) in [7, 11) is 3.59. The van der Waals surface area contributed by atoms with Crippen LogP contribution in [0.3, 0.4) is 0 Å². The number of rotatable bonds is 5. The van der Waals surface area contributed by atoms with E-state index in [1.54, 1.807) is 18.4 Å². The van der Waals surface area contributed by atoms with Crippen LogP contribution in [0.5, 0.6) is 0 Å². The third-order valence-electron chi connectivity index (χ3n) is 3.06. The van der Waals surface area contributed by atoms with E-state index in [2.05, 4.69) is 31.2 Å². The van der Waals surface area contributed by atoms with Crippen molar-refractivity contribution in [1.29, 1.82) is 0 Å². The molecule has 1 N–H and O–H groups in total. The number of hydrogen-bond acceptors (Lipinski definition) is 4. The van der Waals surface area contributed by atoms with Crippen molar-refractivity contribution in [2.75, 3.05) is 20.6 Å². The number of nitrogens with one attached hydrogen (secondary N) is 1. The van der Waals surface area contributed by atoms with Gasteiger partial charge in [0.25, 0.3) is 0 Å². The zero-order chi connectivity index (χ0) is 17.7. The average Bonchev–Trinajstić information content (AvgIpc) is 3.12. The predicted molar refractivity (Wildman–Crippen MR) is 95.7 cm³/mol. The number of guanidine groups is 1. The highest BCUT2D eigenvalue weighted by atomic mass is 79.9. The molecule has 0 fully saturated rings. The number of halogens is 4. The third kappa shape index (κ3) is 5.45. The van der Waals surface area contributed by atoms with Gasteiger partial charge in [0.15, 0.2) is 11.7 Å². The van der Waals surface area contributed by atoms with E-state index >= 15 is 0 Å². The fourth-order valence-corrected chi connectivity index (χ4v) is 4.31. The molecule has 0 aromatic carbocycles. The van der Waals surface area contributed by atoms with Gasteiger partial charge in [-0.2, -0.15) is 13.2 Å². The molecule has 24 heavy (non-hydrogen) atoms. The molecule has 2 aromatic rings. The van der Waals surface area contributed by atoms with Gasteiger partial charge in [-0.25, -0.2) is 4.98 Å². The highest BCUT2D eigenvalue weighted by Gasteiger charge is 2.33. The fraction of sp³-hybridized carbons (Fsp3) is 0.429. The van der Waals surface area contributed by atoms with E-state index in [1.807, 2.05) is 24.1 Å². The van der Waals surface area contributed by atoms with Crippen LogP contribution in [-0.2, 0) is 19.1 Å². The van der Waals surface area contributed by atoms with Crippen LogP contribution in [-0.4, -0.2) is 36.5 Å². The van der Waals surface area contributed by atoms with E-state index in [4.69, 9.17) is 0 Å². The van der Waals surface area contributed by atoms with Crippen LogP contribution in [0.4, 0.5) is 13.2 Å². The first kappa shape index (κ1) is 19.2. The van der Waals surface area contributed by atoms with E-state index in [1.165, 1.54) is 4.88 Å². The summed E-state index contributed by atoms with van der Waals surface area (Å²) in [6, 6.07) is 4.03. The molecule has 2 heterocycles. The normalized spacial score (nSPS) is 12.5. The van der Waals surface area contributed by atoms with Gasteiger partial charge in [0.1, 0.15) is 0 Å². The highest BCUT2D eigenvalue weighted by Crippen LogP contribution is 2.30. The lowest BCUT2D eigenvalue weighted by Gasteiger charge is -2.21. The van der Waals surface area contributed by atoms with E-state index < -0.39 is 11.9 Å². The molecule has 0 bridgehead atoms. The van der Waals surface area contributed by atoms with E-state index in [0.717, 1.165) is 20.5 Å². The Morgan fingerprint density at radius 2 is 2.17 bits per heavy atom. The van der Waals surface area contributed by atoms with Crippen molar-refractivity contribution in [3.8, 4) is 0 Å². The summed E-state index contributed by atoms with van der Waals surface area (Å²) in [4.78, 5) is 11.0. The number of thiazole rings is 1. The first-order valence-corrected chi connectivity index (χ1v) is 9.46. The van der Waals surface area contributed by atoms with Crippen molar-refractivity contribution in [1.82, 2.24) is 15.2 Å². The van der Waals surface area contributed by atoms with Crippen LogP contribution in [0.15, 0.2) is 26.3 Å². The van der Waals surface area contributed by atoms with Gasteiger partial charge in [0, 0.05) is 37.3 Å². The number of aliphatic imine (C=N–C) groups is 1. The SMILES string of the molecule is CN=C(NCCc1nc(C(F)(F)F)cs1)N(C)Cc1ccc(Br)s1. The lowest BCUT2D eigenvalue weighted by Crippen LogP contribution is -2.39. The topological polar surface area (TPSA) is 40.5 Å². The van der Waals surface area contributed by atoms with Gasteiger partial charge in [0.05, 0.1) is 15.3 Å². The molecule has 0 spiro atoms. The van der Waals surface area contributed by atoms with Gasteiger partial charge in [0.2, 0.25) is 0 Å². The zero-order valence-electron chi connectivity index (χ0n) is 13.0. The summed E-state index contributed by atoms with van der Waals surface area (Å²) in [5.74, 6) is 0.687. The fourth-order valence-electron chi connectivity index (χ4n) is 1.97. The Hall–Kier alpha value is -1.13. The van der Waals surface area contributed by atoms with Crippen molar-refractivity contribution >= 4 is 44.6 Å².